The number of benzene rings is 2. The maximum absolute atomic E-state index is 12.4. The summed E-state index contributed by atoms with van der Waals surface area (Å²) in [6, 6.07) is 13.1. The number of nitriles is 1. The molecule has 0 N–H and O–H groups in total. The molecule has 0 heterocycles. The Morgan fingerprint density at radius 3 is 2.12 bits per heavy atom. The molecule has 4 heteroatoms. The van der Waals surface area contributed by atoms with Crippen LogP contribution in [0.3, 0.4) is 0 Å². The molecule has 2 rings (SSSR count). The van der Waals surface area contributed by atoms with Crippen molar-refractivity contribution in [2.24, 2.45) is 0 Å². The first-order chi connectivity index (χ1) is 12.3. The molecule has 0 spiro atoms. The highest BCUT2D eigenvalue weighted by atomic mass is 16.5. The Balaban J connectivity index is 2.11. The van der Waals surface area contributed by atoms with Gasteiger partial charge in [0.05, 0.1) is 0 Å². The van der Waals surface area contributed by atoms with Gasteiger partial charge in [-0.25, -0.2) is 4.79 Å². The summed E-state index contributed by atoms with van der Waals surface area (Å²) in [7, 11) is 0. The number of nitrogens with zero attached hydrogens (tertiary/aromatic N) is 1. The molecule has 0 amide bonds. The molecular weight excluding hydrogens is 326 g/mol. The van der Waals surface area contributed by atoms with E-state index in [1.807, 2.05) is 70.2 Å². The lowest BCUT2D eigenvalue weighted by Crippen LogP contribution is -2.17. The zero-order valence-electron chi connectivity index (χ0n) is 15.4. The van der Waals surface area contributed by atoms with Gasteiger partial charge >= 0.3 is 5.97 Å². The Morgan fingerprint density at radius 2 is 1.58 bits per heavy atom. The smallest absolute Gasteiger partial charge is 0.349 e. The van der Waals surface area contributed by atoms with E-state index < -0.39 is 12.6 Å². The predicted octanol–water partition coefficient (Wildman–Crippen LogP) is 4.25. The standard InChI is InChI=1S/C22H21NO3/c1-14-5-7-18(8-6-14)11-19(12-23)22(25)26-13-20(24)21-16(3)9-15(2)10-17(21)4/h5-11H,13H2,1-4H3/b19-11+. The Kier molecular flexibility index (Phi) is 6.08. The van der Waals surface area contributed by atoms with E-state index in [2.05, 4.69) is 0 Å². The van der Waals surface area contributed by atoms with Gasteiger partial charge in [-0.05, 0) is 50.5 Å². The number of carbonyl (C=O) groups is 2. The van der Waals surface area contributed by atoms with E-state index in [4.69, 9.17) is 4.74 Å². The van der Waals surface area contributed by atoms with E-state index in [-0.39, 0.29) is 11.4 Å². The van der Waals surface area contributed by atoms with Crippen LogP contribution < -0.4 is 0 Å². The molecule has 2 aromatic carbocycles. The highest BCUT2D eigenvalue weighted by Gasteiger charge is 2.17. The molecule has 0 bridgehead atoms. The number of esters is 1. The third-order valence-electron chi connectivity index (χ3n) is 4.02. The van der Waals surface area contributed by atoms with E-state index >= 15 is 0 Å². The van der Waals surface area contributed by atoms with Crippen LogP contribution in [0.5, 0.6) is 0 Å². The zero-order chi connectivity index (χ0) is 19.3. The van der Waals surface area contributed by atoms with Crippen LogP contribution in [0, 0.1) is 39.0 Å². The average Bonchev–Trinajstić information content (AvgIpc) is 2.58. The van der Waals surface area contributed by atoms with Gasteiger partial charge in [-0.2, -0.15) is 5.26 Å². The SMILES string of the molecule is Cc1ccc(/C=C(\C#N)C(=O)OCC(=O)c2c(C)cc(C)cc2C)cc1. The molecule has 0 radical (unpaired) electrons. The van der Waals surface area contributed by atoms with Gasteiger partial charge < -0.3 is 4.74 Å². The summed E-state index contributed by atoms with van der Waals surface area (Å²) in [6.45, 7) is 7.23. The normalized spacial score (nSPS) is 11.0. The predicted molar refractivity (Wildman–Crippen MR) is 101 cm³/mol. The van der Waals surface area contributed by atoms with Crippen LogP contribution in [0.2, 0.25) is 0 Å². The number of ether oxygens (including phenoxy) is 1. The summed E-state index contributed by atoms with van der Waals surface area (Å²) in [4.78, 5) is 24.6. The molecule has 0 aliphatic heterocycles. The summed E-state index contributed by atoms with van der Waals surface area (Å²) < 4.78 is 5.07. The first kappa shape index (κ1) is 19.1. The minimum atomic E-state index is -0.802. The van der Waals surface area contributed by atoms with Crippen molar-refractivity contribution in [3.63, 3.8) is 0 Å². The van der Waals surface area contributed by atoms with Crippen molar-refractivity contribution in [3.8, 4) is 6.07 Å². The number of hydrogen-bond donors (Lipinski definition) is 0. The van der Waals surface area contributed by atoms with Gasteiger partial charge in [-0.1, -0.05) is 47.5 Å². The molecule has 2 aromatic rings. The van der Waals surface area contributed by atoms with Crippen LogP contribution in [0.4, 0.5) is 0 Å². The van der Waals surface area contributed by atoms with Gasteiger partial charge in [-0.3, -0.25) is 4.79 Å². The van der Waals surface area contributed by atoms with E-state index in [0.717, 1.165) is 27.8 Å². The summed E-state index contributed by atoms with van der Waals surface area (Å²) >= 11 is 0. The van der Waals surface area contributed by atoms with Crippen LogP contribution in [0.25, 0.3) is 6.08 Å². The second-order valence-electron chi connectivity index (χ2n) is 6.35. The quantitative estimate of drug-likeness (QED) is 0.351. The number of ketones is 1. The summed E-state index contributed by atoms with van der Waals surface area (Å²) in [6.07, 6.45) is 1.45. The fraction of sp³-hybridized carbons (Fsp3) is 0.227. The van der Waals surface area contributed by atoms with E-state index in [1.165, 1.54) is 6.08 Å². The van der Waals surface area contributed by atoms with Crippen LogP contribution in [-0.2, 0) is 9.53 Å². The van der Waals surface area contributed by atoms with E-state index in [9.17, 15) is 14.9 Å². The Bertz CT molecular complexity index is 892. The second kappa shape index (κ2) is 8.26. The highest BCUT2D eigenvalue weighted by molar-refractivity contribution is 6.03. The van der Waals surface area contributed by atoms with Gasteiger partial charge in [0.2, 0.25) is 5.78 Å². The number of hydrogen-bond acceptors (Lipinski definition) is 4. The minimum Gasteiger partial charge on any atom is -0.453 e. The Morgan fingerprint density at radius 1 is 1.00 bits per heavy atom. The van der Waals surface area contributed by atoms with Crippen LogP contribution in [0.15, 0.2) is 42.0 Å². The first-order valence-corrected chi connectivity index (χ1v) is 8.28. The van der Waals surface area contributed by atoms with Crippen LogP contribution >= 0.6 is 0 Å². The summed E-state index contributed by atoms with van der Waals surface area (Å²) in [5.41, 5.74) is 4.99. The van der Waals surface area contributed by atoms with Gasteiger partial charge in [0, 0.05) is 5.56 Å². The topological polar surface area (TPSA) is 67.2 Å². The molecule has 0 atom stereocenters. The third kappa shape index (κ3) is 4.67. The Labute approximate surface area is 153 Å². The van der Waals surface area contributed by atoms with Crippen molar-refractivity contribution in [1.29, 1.82) is 5.26 Å². The molecule has 0 fully saturated rings. The largest absolute Gasteiger partial charge is 0.453 e. The number of aryl methyl sites for hydroxylation is 4. The lowest BCUT2D eigenvalue weighted by molar-refractivity contribution is -0.137. The maximum Gasteiger partial charge on any atom is 0.349 e. The van der Waals surface area contributed by atoms with Crippen molar-refractivity contribution in [1.82, 2.24) is 0 Å². The van der Waals surface area contributed by atoms with Gasteiger partial charge in [0.25, 0.3) is 0 Å². The van der Waals surface area contributed by atoms with Crippen LogP contribution in [0.1, 0.15) is 38.2 Å². The first-order valence-electron chi connectivity index (χ1n) is 8.28. The maximum atomic E-state index is 12.4. The number of carbonyl (C=O) groups excluding carboxylic acids is 2. The molecule has 132 valence electrons. The number of rotatable bonds is 5. The molecule has 0 aliphatic carbocycles. The highest BCUT2D eigenvalue weighted by Crippen LogP contribution is 2.17. The number of Topliss-reactive ketones (excluding diaryl/α,β-unsaturated/α-hetero) is 1. The fourth-order valence-electron chi connectivity index (χ4n) is 2.87. The van der Waals surface area contributed by atoms with Crippen molar-refractivity contribution >= 4 is 17.8 Å². The van der Waals surface area contributed by atoms with Gasteiger partial charge in [-0.15, -0.1) is 0 Å². The molecule has 0 saturated carbocycles. The second-order valence-corrected chi connectivity index (χ2v) is 6.35. The van der Waals surface area contributed by atoms with E-state index in [0.29, 0.717) is 5.56 Å². The Hall–Kier alpha value is -3.19. The zero-order valence-corrected chi connectivity index (χ0v) is 15.4. The molecule has 0 aliphatic rings. The van der Waals surface area contributed by atoms with Crippen molar-refractivity contribution in [2.75, 3.05) is 6.61 Å². The lowest BCUT2D eigenvalue weighted by Gasteiger charge is -2.10. The van der Waals surface area contributed by atoms with E-state index in [1.54, 1.807) is 0 Å². The molecule has 0 saturated heterocycles. The van der Waals surface area contributed by atoms with Gasteiger partial charge in [0.1, 0.15) is 11.6 Å². The van der Waals surface area contributed by atoms with Crippen LogP contribution in [-0.4, -0.2) is 18.4 Å². The average molecular weight is 347 g/mol. The van der Waals surface area contributed by atoms with Gasteiger partial charge in [0.15, 0.2) is 6.61 Å². The van der Waals surface area contributed by atoms with Crippen molar-refractivity contribution < 1.29 is 14.3 Å². The summed E-state index contributed by atoms with van der Waals surface area (Å²) in [5.74, 6) is -1.08. The lowest BCUT2D eigenvalue weighted by atomic mass is 9.97. The molecular formula is C22H21NO3. The molecule has 4 nitrogen and oxygen atoms in total. The monoisotopic (exact) mass is 347 g/mol. The minimum absolute atomic E-state index is 0.140. The molecule has 26 heavy (non-hydrogen) atoms. The molecule has 0 aromatic heterocycles. The third-order valence-corrected chi connectivity index (χ3v) is 4.02. The molecule has 0 unspecified atom stereocenters. The van der Waals surface area contributed by atoms with Crippen molar-refractivity contribution in [2.45, 2.75) is 27.7 Å². The summed E-state index contributed by atoms with van der Waals surface area (Å²) in [5, 5.41) is 9.21. The van der Waals surface area contributed by atoms with Crippen molar-refractivity contribution in [3.05, 3.63) is 75.4 Å². The fourth-order valence-corrected chi connectivity index (χ4v) is 2.87.